The van der Waals surface area contributed by atoms with Crippen LogP contribution in [0.25, 0.3) is 0 Å². The van der Waals surface area contributed by atoms with Gasteiger partial charge in [-0.25, -0.2) is 10.2 Å². The molecule has 1 aliphatic carbocycles. The maximum absolute atomic E-state index is 13.7. The monoisotopic (exact) mass is 265 g/mol. The Labute approximate surface area is 112 Å². The molecule has 1 aromatic carbocycles. The summed E-state index contributed by atoms with van der Waals surface area (Å²) in [5.74, 6) is 5.14. The van der Waals surface area contributed by atoms with Crippen LogP contribution in [0.5, 0.6) is 0 Å². The second-order valence-electron chi connectivity index (χ2n) is 5.27. The molecular weight excluding hydrogens is 245 g/mol. The van der Waals surface area contributed by atoms with Crippen LogP contribution < -0.4 is 11.3 Å². The van der Waals surface area contributed by atoms with Crippen LogP contribution in [0.3, 0.4) is 0 Å². The summed E-state index contributed by atoms with van der Waals surface area (Å²) in [6.45, 7) is 1.49. The molecule has 3 N–H and O–H groups in total. The number of nitrogens with one attached hydrogen (secondary N) is 1. The van der Waals surface area contributed by atoms with Crippen molar-refractivity contribution in [2.24, 2.45) is 11.8 Å². The van der Waals surface area contributed by atoms with E-state index in [4.69, 9.17) is 5.84 Å². The molecular formula is C14H20FN3O. The van der Waals surface area contributed by atoms with Crippen LogP contribution in [-0.4, -0.2) is 24.4 Å². The standard InChI is InChI=1S/C14H20FN3O/c1-18(8-10-3-2-4-10)9-12-7-11(14(19)17-16)5-6-13(12)15/h5-7,10H,2-4,8-9,16H2,1H3,(H,17,19). The zero-order valence-corrected chi connectivity index (χ0v) is 11.2. The van der Waals surface area contributed by atoms with Gasteiger partial charge in [-0.05, 0) is 44.0 Å². The highest BCUT2D eigenvalue weighted by Crippen LogP contribution is 2.27. The van der Waals surface area contributed by atoms with Gasteiger partial charge < -0.3 is 4.90 Å². The van der Waals surface area contributed by atoms with E-state index < -0.39 is 5.91 Å². The highest BCUT2D eigenvalue weighted by atomic mass is 19.1. The number of hydrazine groups is 1. The predicted molar refractivity (Wildman–Crippen MR) is 71.7 cm³/mol. The number of rotatable bonds is 5. The molecule has 0 spiro atoms. The number of amides is 1. The van der Waals surface area contributed by atoms with Crippen molar-refractivity contribution >= 4 is 5.91 Å². The summed E-state index contributed by atoms with van der Waals surface area (Å²) in [6, 6.07) is 4.32. The van der Waals surface area contributed by atoms with Gasteiger partial charge >= 0.3 is 0 Å². The van der Waals surface area contributed by atoms with Crippen LogP contribution in [0.15, 0.2) is 18.2 Å². The molecule has 4 nitrogen and oxygen atoms in total. The van der Waals surface area contributed by atoms with Crippen molar-refractivity contribution < 1.29 is 9.18 Å². The van der Waals surface area contributed by atoms with Crippen LogP contribution in [0.2, 0.25) is 0 Å². The van der Waals surface area contributed by atoms with E-state index in [2.05, 4.69) is 10.3 Å². The lowest BCUT2D eigenvalue weighted by molar-refractivity contribution is 0.0953. The van der Waals surface area contributed by atoms with Gasteiger partial charge in [-0.1, -0.05) is 6.42 Å². The van der Waals surface area contributed by atoms with Crippen molar-refractivity contribution in [2.75, 3.05) is 13.6 Å². The summed E-state index contributed by atoms with van der Waals surface area (Å²) in [5, 5.41) is 0. The van der Waals surface area contributed by atoms with Crippen molar-refractivity contribution in [1.82, 2.24) is 10.3 Å². The smallest absolute Gasteiger partial charge is 0.265 e. The molecule has 0 radical (unpaired) electrons. The highest BCUT2D eigenvalue weighted by molar-refractivity contribution is 5.93. The molecule has 19 heavy (non-hydrogen) atoms. The lowest BCUT2D eigenvalue weighted by Crippen LogP contribution is -2.31. The first kappa shape index (κ1) is 14.0. The number of halogens is 1. The predicted octanol–water partition coefficient (Wildman–Crippen LogP) is 1.66. The Balaban J connectivity index is 2.03. The SMILES string of the molecule is CN(Cc1cc(C(=O)NN)ccc1F)CC1CCC1. The Morgan fingerprint density at radius 3 is 2.84 bits per heavy atom. The van der Waals surface area contributed by atoms with E-state index in [1.807, 2.05) is 7.05 Å². The zero-order chi connectivity index (χ0) is 13.8. The van der Waals surface area contributed by atoms with E-state index in [9.17, 15) is 9.18 Å². The van der Waals surface area contributed by atoms with E-state index >= 15 is 0 Å². The fourth-order valence-electron chi connectivity index (χ4n) is 2.39. The maximum Gasteiger partial charge on any atom is 0.265 e. The lowest BCUT2D eigenvalue weighted by Gasteiger charge is -2.30. The number of hydrogen-bond donors (Lipinski definition) is 2. The summed E-state index contributed by atoms with van der Waals surface area (Å²) in [7, 11) is 1.98. The second-order valence-corrected chi connectivity index (χ2v) is 5.27. The van der Waals surface area contributed by atoms with Gasteiger partial charge in [0.05, 0.1) is 0 Å². The summed E-state index contributed by atoms with van der Waals surface area (Å²) in [6.07, 6.45) is 3.84. The summed E-state index contributed by atoms with van der Waals surface area (Å²) < 4.78 is 13.7. The summed E-state index contributed by atoms with van der Waals surface area (Å²) in [5.41, 5.74) is 2.97. The van der Waals surface area contributed by atoms with E-state index in [0.717, 1.165) is 12.5 Å². The topological polar surface area (TPSA) is 58.4 Å². The molecule has 0 heterocycles. The van der Waals surface area contributed by atoms with Gasteiger partial charge in [0.15, 0.2) is 0 Å². The Morgan fingerprint density at radius 1 is 1.53 bits per heavy atom. The van der Waals surface area contributed by atoms with Gasteiger partial charge in [-0.2, -0.15) is 0 Å². The molecule has 0 unspecified atom stereocenters. The first-order valence-electron chi connectivity index (χ1n) is 6.58. The number of carbonyl (C=O) groups excluding carboxylic acids is 1. The fraction of sp³-hybridized carbons (Fsp3) is 0.500. The Kier molecular flexibility index (Phi) is 4.50. The van der Waals surface area contributed by atoms with Crippen LogP contribution >= 0.6 is 0 Å². The third-order valence-corrected chi connectivity index (χ3v) is 3.67. The first-order valence-corrected chi connectivity index (χ1v) is 6.58. The average Bonchev–Trinajstić information content (AvgIpc) is 2.35. The second kappa shape index (κ2) is 6.12. The minimum absolute atomic E-state index is 0.283. The highest BCUT2D eigenvalue weighted by Gasteiger charge is 2.19. The maximum atomic E-state index is 13.7. The summed E-state index contributed by atoms with van der Waals surface area (Å²) in [4.78, 5) is 13.5. The molecule has 104 valence electrons. The van der Waals surface area contributed by atoms with Crippen molar-refractivity contribution in [1.29, 1.82) is 0 Å². The van der Waals surface area contributed by atoms with Gasteiger partial charge in [-0.15, -0.1) is 0 Å². The quantitative estimate of drug-likeness (QED) is 0.483. The average molecular weight is 265 g/mol. The van der Waals surface area contributed by atoms with Crippen LogP contribution in [0, 0.1) is 11.7 Å². The third-order valence-electron chi connectivity index (χ3n) is 3.67. The zero-order valence-electron chi connectivity index (χ0n) is 11.2. The van der Waals surface area contributed by atoms with Crippen molar-refractivity contribution in [2.45, 2.75) is 25.8 Å². The number of benzene rings is 1. The fourth-order valence-corrected chi connectivity index (χ4v) is 2.39. The normalized spacial score (nSPS) is 15.4. The van der Waals surface area contributed by atoms with Crippen molar-refractivity contribution in [3.63, 3.8) is 0 Å². The molecule has 5 heteroatoms. The lowest BCUT2D eigenvalue weighted by atomic mass is 9.85. The molecule has 0 bridgehead atoms. The van der Waals surface area contributed by atoms with Gasteiger partial charge in [0.2, 0.25) is 0 Å². The minimum atomic E-state index is -0.400. The number of nitrogen functional groups attached to an aromatic ring is 1. The van der Waals surface area contributed by atoms with Gasteiger partial charge in [-0.3, -0.25) is 10.2 Å². The van der Waals surface area contributed by atoms with Crippen LogP contribution in [0.4, 0.5) is 4.39 Å². The first-order chi connectivity index (χ1) is 9.10. The number of hydrogen-bond acceptors (Lipinski definition) is 3. The van der Waals surface area contributed by atoms with Crippen LogP contribution in [-0.2, 0) is 6.54 Å². The molecule has 0 aliphatic heterocycles. The molecule has 0 saturated heterocycles. The van der Waals surface area contributed by atoms with E-state index in [1.54, 1.807) is 6.07 Å². The van der Waals surface area contributed by atoms with Crippen molar-refractivity contribution in [3.8, 4) is 0 Å². The number of carbonyl (C=O) groups is 1. The van der Waals surface area contributed by atoms with E-state index in [1.165, 1.54) is 31.4 Å². The molecule has 0 aromatic heterocycles. The Bertz CT molecular complexity index is 460. The minimum Gasteiger partial charge on any atom is -0.302 e. The molecule has 1 aliphatic rings. The van der Waals surface area contributed by atoms with E-state index in [0.29, 0.717) is 17.7 Å². The molecule has 1 saturated carbocycles. The Hall–Kier alpha value is -1.46. The van der Waals surface area contributed by atoms with Gasteiger partial charge in [0.25, 0.3) is 5.91 Å². The summed E-state index contributed by atoms with van der Waals surface area (Å²) >= 11 is 0. The molecule has 1 amide bonds. The largest absolute Gasteiger partial charge is 0.302 e. The molecule has 0 atom stereocenters. The number of nitrogens with two attached hydrogens (primary N) is 1. The van der Waals surface area contributed by atoms with E-state index in [-0.39, 0.29) is 5.82 Å². The van der Waals surface area contributed by atoms with Gasteiger partial charge in [0.1, 0.15) is 5.82 Å². The Morgan fingerprint density at radius 2 is 2.26 bits per heavy atom. The van der Waals surface area contributed by atoms with Crippen molar-refractivity contribution in [3.05, 3.63) is 35.1 Å². The molecule has 2 rings (SSSR count). The van der Waals surface area contributed by atoms with Gasteiger partial charge in [0, 0.05) is 24.2 Å². The third kappa shape index (κ3) is 3.52. The molecule has 1 fully saturated rings. The van der Waals surface area contributed by atoms with Crippen LogP contribution in [0.1, 0.15) is 35.2 Å². The molecule has 1 aromatic rings. The number of nitrogens with zero attached hydrogens (tertiary/aromatic N) is 1.